The zero-order chi connectivity index (χ0) is 13.8. The second kappa shape index (κ2) is 6.54. The van der Waals surface area contributed by atoms with Crippen molar-refractivity contribution in [1.29, 1.82) is 0 Å². The number of nitrogens with one attached hydrogen (secondary N) is 1. The van der Waals surface area contributed by atoms with Crippen LogP contribution in [0.15, 0.2) is 0 Å². The van der Waals surface area contributed by atoms with Gasteiger partial charge in [-0.1, -0.05) is 32.1 Å². The number of aliphatic hydroxyl groups is 1. The van der Waals surface area contributed by atoms with Crippen LogP contribution in [0.4, 0.5) is 4.79 Å². The molecule has 6 heteroatoms. The minimum absolute atomic E-state index is 0.322. The van der Waals surface area contributed by atoms with Crippen molar-refractivity contribution in [2.24, 2.45) is 11.7 Å². The fraction of sp³-hybridized carbons (Fsp3) is 0.923. The number of carbonyl (C=O) groups excluding carboxylic acids is 1. The zero-order valence-corrected chi connectivity index (χ0v) is 11.5. The van der Waals surface area contributed by atoms with Crippen molar-refractivity contribution >= 4 is 6.09 Å². The molecule has 2 rings (SSSR count). The number of cyclic esters (lactones) is 1. The van der Waals surface area contributed by atoms with E-state index in [1.54, 1.807) is 7.05 Å². The second-order valence-corrected chi connectivity index (χ2v) is 5.65. The quantitative estimate of drug-likeness (QED) is 0.681. The number of nitrogens with zero attached hydrogens (tertiary/aromatic N) is 1. The van der Waals surface area contributed by atoms with Crippen LogP contribution in [0.25, 0.3) is 0 Å². The SMILES string of the molecule is CNN1C[C@@H]([C@H](O)[C@@H](N)CC2CCCCC2)OC1=O. The van der Waals surface area contributed by atoms with E-state index in [0.717, 1.165) is 6.42 Å². The molecule has 2 fully saturated rings. The highest BCUT2D eigenvalue weighted by atomic mass is 16.6. The Bertz CT molecular complexity index is 308. The summed E-state index contributed by atoms with van der Waals surface area (Å²) >= 11 is 0. The third kappa shape index (κ3) is 3.58. The van der Waals surface area contributed by atoms with Crippen molar-refractivity contribution in [3.63, 3.8) is 0 Å². The molecule has 0 spiro atoms. The Balaban J connectivity index is 1.81. The van der Waals surface area contributed by atoms with Gasteiger partial charge < -0.3 is 15.6 Å². The molecule has 1 amide bonds. The lowest BCUT2D eigenvalue weighted by Gasteiger charge is -2.28. The normalized spacial score (nSPS) is 28.3. The van der Waals surface area contributed by atoms with Crippen molar-refractivity contribution < 1.29 is 14.6 Å². The minimum Gasteiger partial charge on any atom is -0.440 e. The summed E-state index contributed by atoms with van der Waals surface area (Å²) in [6, 6.07) is -0.322. The number of aliphatic hydroxyl groups excluding tert-OH is 1. The summed E-state index contributed by atoms with van der Waals surface area (Å²) in [5, 5.41) is 11.6. The Morgan fingerprint density at radius 3 is 2.74 bits per heavy atom. The molecule has 1 aliphatic carbocycles. The van der Waals surface area contributed by atoms with E-state index in [9.17, 15) is 9.90 Å². The van der Waals surface area contributed by atoms with E-state index >= 15 is 0 Å². The van der Waals surface area contributed by atoms with Gasteiger partial charge in [0.2, 0.25) is 0 Å². The first-order valence-corrected chi connectivity index (χ1v) is 7.21. The summed E-state index contributed by atoms with van der Waals surface area (Å²) in [5.74, 6) is 0.607. The van der Waals surface area contributed by atoms with Gasteiger partial charge in [0.1, 0.15) is 6.10 Å². The zero-order valence-electron chi connectivity index (χ0n) is 11.5. The third-order valence-electron chi connectivity index (χ3n) is 4.25. The Morgan fingerprint density at radius 2 is 2.16 bits per heavy atom. The summed E-state index contributed by atoms with van der Waals surface area (Å²) in [7, 11) is 1.65. The molecule has 1 heterocycles. The minimum atomic E-state index is -0.788. The van der Waals surface area contributed by atoms with Crippen LogP contribution in [0.1, 0.15) is 38.5 Å². The van der Waals surface area contributed by atoms with Crippen LogP contribution in [0.5, 0.6) is 0 Å². The van der Waals surface area contributed by atoms with E-state index in [0.29, 0.717) is 12.5 Å². The molecule has 19 heavy (non-hydrogen) atoms. The van der Waals surface area contributed by atoms with Crippen LogP contribution in [-0.4, -0.2) is 48.1 Å². The van der Waals surface area contributed by atoms with Gasteiger partial charge >= 0.3 is 6.09 Å². The van der Waals surface area contributed by atoms with Crippen LogP contribution < -0.4 is 11.2 Å². The van der Waals surface area contributed by atoms with Gasteiger partial charge in [-0.2, -0.15) is 0 Å². The maximum atomic E-state index is 11.4. The molecule has 110 valence electrons. The van der Waals surface area contributed by atoms with Crippen molar-refractivity contribution in [3.8, 4) is 0 Å². The van der Waals surface area contributed by atoms with Gasteiger partial charge in [-0.25, -0.2) is 15.2 Å². The molecule has 1 saturated carbocycles. The predicted molar refractivity (Wildman–Crippen MR) is 71.2 cm³/mol. The molecule has 4 N–H and O–H groups in total. The molecule has 0 bridgehead atoms. The molecule has 6 nitrogen and oxygen atoms in total. The first-order valence-electron chi connectivity index (χ1n) is 7.21. The molecule has 1 saturated heterocycles. The standard InChI is InChI=1S/C13H25N3O3/c1-15-16-8-11(19-13(16)18)12(17)10(14)7-9-5-3-2-4-6-9/h9-12,15,17H,2-8,14H2,1H3/t10-,11-,12+/m0/s1. The van der Waals surface area contributed by atoms with Gasteiger partial charge in [0, 0.05) is 13.1 Å². The van der Waals surface area contributed by atoms with E-state index in [4.69, 9.17) is 10.5 Å². The number of nitrogens with two attached hydrogens (primary N) is 1. The van der Waals surface area contributed by atoms with Crippen LogP contribution in [0.2, 0.25) is 0 Å². The van der Waals surface area contributed by atoms with Crippen LogP contribution >= 0.6 is 0 Å². The number of hydrogen-bond acceptors (Lipinski definition) is 5. The van der Waals surface area contributed by atoms with Crippen LogP contribution in [0.3, 0.4) is 0 Å². The number of rotatable bonds is 5. The van der Waals surface area contributed by atoms with E-state index in [1.165, 1.54) is 37.1 Å². The van der Waals surface area contributed by atoms with E-state index in [1.807, 2.05) is 0 Å². The van der Waals surface area contributed by atoms with Crippen molar-refractivity contribution in [3.05, 3.63) is 0 Å². The molecule has 0 aromatic carbocycles. The van der Waals surface area contributed by atoms with Crippen molar-refractivity contribution in [2.45, 2.75) is 56.8 Å². The molecule has 0 aromatic heterocycles. The summed E-state index contributed by atoms with van der Waals surface area (Å²) in [6.45, 7) is 0.342. The maximum absolute atomic E-state index is 11.4. The summed E-state index contributed by atoms with van der Waals surface area (Å²) in [6.07, 6.45) is 5.29. The topological polar surface area (TPSA) is 87.8 Å². The summed E-state index contributed by atoms with van der Waals surface area (Å²) in [5.41, 5.74) is 8.81. The molecule has 0 aromatic rings. The first-order chi connectivity index (χ1) is 9.11. The highest BCUT2D eigenvalue weighted by Crippen LogP contribution is 2.28. The van der Waals surface area contributed by atoms with Crippen molar-refractivity contribution in [1.82, 2.24) is 10.4 Å². The largest absolute Gasteiger partial charge is 0.440 e. The summed E-state index contributed by atoms with van der Waals surface area (Å²) < 4.78 is 5.13. The van der Waals surface area contributed by atoms with E-state index in [2.05, 4.69) is 5.43 Å². The third-order valence-corrected chi connectivity index (χ3v) is 4.25. The summed E-state index contributed by atoms with van der Waals surface area (Å²) in [4.78, 5) is 11.4. The van der Waals surface area contributed by atoms with Gasteiger partial charge in [0.05, 0.1) is 6.54 Å². The first kappa shape index (κ1) is 14.6. The number of ether oxygens (including phenoxy) is 1. The number of hydrogen-bond donors (Lipinski definition) is 3. The monoisotopic (exact) mass is 271 g/mol. The molecule has 2 aliphatic rings. The number of hydrazine groups is 1. The lowest BCUT2D eigenvalue weighted by molar-refractivity contribution is 0.0120. The lowest BCUT2D eigenvalue weighted by atomic mass is 9.83. The van der Waals surface area contributed by atoms with Gasteiger partial charge in [0.25, 0.3) is 0 Å². The maximum Gasteiger partial charge on any atom is 0.424 e. The molecular formula is C13H25N3O3. The van der Waals surface area contributed by atoms with E-state index in [-0.39, 0.29) is 6.04 Å². The van der Waals surface area contributed by atoms with E-state index < -0.39 is 18.3 Å². The highest BCUT2D eigenvalue weighted by molar-refractivity contribution is 5.69. The average Bonchev–Trinajstić information content (AvgIpc) is 2.80. The van der Waals surface area contributed by atoms with Gasteiger partial charge in [-0.05, 0) is 12.3 Å². The molecule has 0 unspecified atom stereocenters. The number of carbonyl (C=O) groups is 1. The highest BCUT2D eigenvalue weighted by Gasteiger charge is 2.38. The molecular weight excluding hydrogens is 246 g/mol. The Labute approximate surface area is 114 Å². The second-order valence-electron chi connectivity index (χ2n) is 5.65. The predicted octanol–water partition coefficient (Wildman–Crippen LogP) is 0.600. The van der Waals surface area contributed by atoms with Gasteiger partial charge in [0.15, 0.2) is 6.10 Å². The number of amides is 1. The fourth-order valence-corrected chi connectivity index (χ4v) is 3.07. The van der Waals surface area contributed by atoms with Crippen LogP contribution in [-0.2, 0) is 4.74 Å². The fourth-order valence-electron chi connectivity index (χ4n) is 3.07. The molecule has 3 atom stereocenters. The molecule has 1 aliphatic heterocycles. The lowest BCUT2D eigenvalue weighted by Crippen LogP contribution is -2.46. The van der Waals surface area contributed by atoms with Crippen LogP contribution in [0, 0.1) is 5.92 Å². The average molecular weight is 271 g/mol. The van der Waals surface area contributed by atoms with Crippen molar-refractivity contribution in [2.75, 3.05) is 13.6 Å². The van der Waals surface area contributed by atoms with Gasteiger partial charge in [-0.3, -0.25) is 0 Å². The Hall–Kier alpha value is -0.850. The Morgan fingerprint density at radius 1 is 1.47 bits per heavy atom. The van der Waals surface area contributed by atoms with Gasteiger partial charge in [-0.15, -0.1) is 0 Å². The smallest absolute Gasteiger partial charge is 0.424 e. The Kier molecular flexibility index (Phi) is 5.01. The molecule has 0 radical (unpaired) electrons.